The van der Waals surface area contributed by atoms with E-state index in [0.717, 1.165) is 0 Å². The van der Waals surface area contributed by atoms with Crippen LogP contribution in [0.3, 0.4) is 0 Å². The van der Waals surface area contributed by atoms with Gasteiger partial charge in [0.1, 0.15) is 9.84 Å². The van der Waals surface area contributed by atoms with Crippen molar-refractivity contribution in [1.29, 1.82) is 0 Å². The van der Waals surface area contributed by atoms with Crippen LogP contribution in [-0.4, -0.2) is 44.2 Å². The van der Waals surface area contributed by atoms with Crippen LogP contribution in [0.4, 0.5) is 0 Å². The predicted octanol–water partition coefficient (Wildman–Crippen LogP) is -0.610. The fraction of sp³-hybridized carbons (Fsp3) is 1.00. The van der Waals surface area contributed by atoms with Crippen LogP contribution in [0.2, 0.25) is 0 Å². The molecule has 0 aromatic rings. The summed E-state index contributed by atoms with van der Waals surface area (Å²) in [5.41, 5.74) is 0. The highest BCUT2D eigenvalue weighted by atomic mass is 32.2. The highest BCUT2D eigenvalue weighted by Gasteiger charge is 2.09. The van der Waals surface area contributed by atoms with Crippen LogP contribution in [0.25, 0.3) is 0 Å². The van der Waals surface area contributed by atoms with E-state index in [0.29, 0.717) is 6.54 Å². The number of aliphatic hydroxyl groups excluding tert-OH is 1. The molecule has 0 heterocycles. The third-order valence-electron chi connectivity index (χ3n) is 1.31. The molecular formula is C7H17NO3S. The maximum absolute atomic E-state index is 10.8. The van der Waals surface area contributed by atoms with Crippen molar-refractivity contribution in [1.82, 2.24) is 5.32 Å². The molecule has 0 radical (unpaired) electrons. The van der Waals surface area contributed by atoms with Gasteiger partial charge in [-0.15, -0.1) is 0 Å². The van der Waals surface area contributed by atoms with E-state index in [4.69, 9.17) is 5.11 Å². The molecule has 0 spiro atoms. The van der Waals surface area contributed by atoms with Gasteiger partial charge in [-0.3, -0.25) is 0 Å². The zero-order valence-electron chi connectivity index (χ0n) is 7.74. The minimum atomic E-state index is -2.92. The predicted molar refractivity (Wildman–Crippen MR) is 48.9 cm³/mol. The highest BCUT2D eigenvalue weighted by molar-refractivity contribution is 7.90. The molecule has 4 nitrogen and oxygen atoms in total. The lowest BCUT2D eigenvalue weighted by Gasteiger charge is -2.13. The maximum atomic E-state index is 10.8. The molecule has 0 aromatic carbocycles. The van der Waals surface area contributed by atoms with Gasteiger partial charge < -0.3 is 10.4 Å². The van der Waals surface area contributed by atoms with Crippen molar-refractivity contribution < 1.29 is 13.5 Å². The molecule has 1 unspecified atom stereocenters. The van der Waals surface area contributed by atoms with E-state index in [9.17, 15) is 8.42 Å². The molecule has 74 valence electrons. The summed E-state index contributed by atoms with van der Waals surface area (Å²) in [5.74, 6) is 0.111. The SMILES string of the molecule is CC(CS(C)(=O)=O)NC[C@H](C)O. The monoisotopic (exact) mass is 195 g/mol. The number of rotatable bonds is 5. The largest absolute Gasteiger partial charge is 0.392 e. The second-order valence-corrected chi connectivity index (χ2v) is 5.44. The van der Waals surface area contributed by atoms with Gasteiger partial charge in [0.15, 0.2) is 0 Å². The van der Waals surface area contributed by atoms with E-state index in [2.05, 4.69) is 5.32 Å². The lowest BCUT2D eigenvalue weighted by Crippen LogP contribution is -2.36. The summed E-state index contributed by atoms with van der Waals surface area (Å²) < 4.78 is 21.6. The average Bonchev–Trinajstić information content (AvgIpc) is 1.79. The number of hydrogen-bond donors (Lipinski definition) is 2. The second-order valence-electron chi connectivity index (χ2n) is 3.25. The van der Waals surface area contributed by atoms with Crippen molar-refractivity contribution in [2.45, 2.75) is 26.0 Å². The third-order valence-corrected chi connectivity index (χ3v) is 2.42. The van der Waals surface area contributed by atoms with Crippen molar-refractivity contribution in [2.24, 2.45) is 0 Å². The average molecular weight is 195 g/mol. The first-order chi connectivity index (χ1) is 5.31. The molecule has 12 heavy (non-hydrogen) atoms. The van der Waals surface area contributed by atoms with Crippen molar-refractivity contribution >= 4 is 9.84 Å². The number of sulfone groups is 1. The van der Waals surface area contributed by atoms with Gasteiger partial charge in [-0.05, 0) is 13.8 Å². The van der Waals surface area contributed by atoms with E-state index in [1.165, 1.54) is 6.26 Å². The molecule has 0 aromatic heterocycles. The molecule has 0 aliphatic rings. The Morgan fingerprint density at radius 3 is 2.25 bits per heavy atom. The van der Waals surface area contributed by atoms with Crippen LogP contribution >= 0.6 is 0 Å². The standard InChI is InChI=1S/C7H17NO3S/c1-6(5-12(3,10)11)8-4-7(2)9/h6-9H,4-5H2,1-3H3/t6?,7-/m0/s1. The van der Waals surface area contributed by atoms with Gasteiger partial charge in [-0.25, -0.2) is 8.42 Å². The number of hydrogen-bond acceptors (Lipinski definition) is 4. The van der Waals surface area contributed by atoms with Gasteiger partial charge in [-0.1, -0.05) is 0 Å². The molecule has 2 atom stereocenters. The van der Waals surface area contributed by atoms with Crippen LogP contribution in [0.5, 0.6) is 0 Å². The summed E-state index contributed by atoms with van der Waals surface area (Å²) in [6.07, 6.45) is 0.764. The molecule has 0 bridgehead atoms. The first-order valence-electron chi connectivity index (χ1n) is 3.90. The Kier molecular flexibility index (Phi) is 4.74. The number of aliphatic hydroxyl groups is 1. The molecule has 0 saturated heterocycles. The van der Waals surface area contributed by atoms with Crippen LogP contribution in [0.15, 0.2) is 0 Å². The van der Waals surface area contributed by atoms with Crippen LogP contribution in [-0.2, 0) is 9.84 Å². The van der Waals surface area contributed by atoms with Gasteiger partial charge in [0.2, 0.25) is 0 Å². The molecule has 0 saturated carbocycles. The molecule has 5 heteroatoms. The minimum absolute atomic E-state index is 0.102. The van der Waals surface area contributed by atoms with Gasteiger partial charge in [0.05, 0.1) is 11.9 Å². The van der Waals surface area contributed by atoms with E-state index in [-0.39, 0.29) is 11.8 Å². The van der Waals surface area contributed by atoms with Crippen LogP contribution in [0, 0.1) is 0 Å². The molecule has 2 N–H and O–H groups in total. The Hall–Kier alpha value is -0.130. The lowest BCUT2D eigenvalue weighted by atomic mass is 10.3. The molecule has 0 rings (SSSR count). The van der Waals surface area contributed by atoms with Crippen LogP contribution < -0.4 is 5.32 Å². The molecule has 0 aliphatic heterocycles. The van der Waals surface area contributed by atoms with Gasteiger partial charge in [0.25, 0.3) is 0 Å². The van der Waals surface area contributed by atoms with Gasteiger partial charge >= 0.3 is 0 Å². The van der Waals surface area contributed by atoms with E-state index in [1.54, 1.807) is 13.8 Å². The summed E-state index contributed by atoms with van der Waals surface area (Å²) in [6.45, 7) is 3.86. The summed E-state index contributed by atoms with van der Waals surface area (Å²) in [6, 6.07) is -0.102. The molecule has 0 amide bonds. The topological polar surface area (TPSA) is 66.4 Å². The smallest absolute Gasteiger partial charge is 0.148 e. The Bertz CT molecular complexity index is 211. The van der Waals surface area contributed by atoms with Crippen molar-refractivity contribution in [3.8, 4) is 0 Å². The second kappa shape index (κ2) is 4.79. The normalized spacial score (nSPS) is 17.3. The first-order valence-corrected chi connectivity index (χ1v) is 5.96. The highest BCUT2D eigenvalue weighted by Crippen LogP contribution is 1.90. The van der Waals surface area contributed by atoms with E-state index >= 15 is 0 Å². The summed E-state index contributed by atoms with van der Waals surface area (Å²) in [7, 11) is -2.92. The van der Waals surface area contributed by atoms with Crippen molar-refractivity contribution in [3.05, 3.63) is 0 Å². The summed E-state index contributed by atoms with van der Waals surface area (Å²) in [4.78, 5) is 0. The van der Waals surface area contributed by atoms with Gasteiger partial charge in [-0.2, -0.15) is 0 Å². The summed E-state index contributed by atoms with van der Waals surface area (Å²) in [5, 5.41) is 11.8. The zero-order chi connectivity index (χ0) is 9.78. The Balaban J connectivity index is 3.68. The third kappa shape index (κ3) is 7.97. The molecule has 0 aliphatic carbocycles. The fourth-order valence-electron chi connectivity index (χ4n) is 0.885. The van der Waals surface area contributed by atoms with Crippen molar-refractivity contribution in [2.75, 3.05) is 18.6 Å². The van der Waals surface area contributed by atoms with Crippen molar-refractivity contribution in [3.63, 3.8) is 0 Å². The fourth-order valence-corrected chi connectivity index (χ4v) is 1.91. The number of nitrogens with one attached hydrogen (secondary N) is 1. The molecular weight excluding hydrogens is 178 g/mol. The summed E-state index contributed by atoms with van der Waals surface area (Å²) >= 11 is 0. The van der Waals surface area contributed by atoms with E-state index < -0.39 is 15.9 Å². The molecule has 0 fully saturated rings. The lowest BCUT2D eigenvalue weighted by molar-refractivity contribution is 0.188. The quantitative estimate of drug-likeness (QED) is 0.614. The zero-order valence-corrected chi connectivity index (χ0v) is 8.56. The van der Waals surface area contributed by atoms with E-state index in [1.807, 2.05) is 0 Å². The Labute approximate surface area is 73.9 Å². The Morgan fingerprint density at radius 1 is 1.42 bits per heavy atom. The van der Waals surface area contributed by atoms with Gasteiger partial charge in [0, 0.05) is 18.8 Å². The van der Waals surface area contributed by atoms with Crippen LogP contribution in [0.1, 0.15) is 13.8 Å². The minimum Gasteiger partial charge on any atom is -0.392 e. The maximum Gasteiger partial charge on any atom is 0.148 e. The first kappa shape index (κ1) is 11.9. The Morgan fingerprint density at radius 2 is 1.92 bits per heavy atom.